The van der Waals surface area contributed by atoms with Crippen LogP contribution in [0.25, 0.3) is 0 Å². The van der Waals surface area contributed by atoms with Gasteiger partial charge in [-0.1, -0.05) is 36.2 Å². The Labute approximate surface area is 90.4 Å². The van der Waals surface area contributed by atoms with Gasteiger partial charge in [0.1, 0.15) is 0 Å². The molecule has 1 atom stereocenters. The van der Waals surface area contributed by atoms with E-state index >= 15 is 0 Å². The van der Waals surface area contributed by atoms with Gasteiger partial charge in [-0.3, -0.25) is 0 Å². The normalized spacial score (nSPS) is 12.7. The Balaban J connectivity index is 2.37. The topological polar surface area (TPSA) is 28.7 Å². The molecule has 1 unspecified atom stereocenters. The van der Waals surface area contributed by atoms with Crippen molar-refractivity contribution in [2.45, 2.75) is 26.7 Å². The maximum absolute atomic E-state index is 4.06. The molecule has 2 heteroatoms. The van der Waals surface area contributed by atoms with Crippen LogP contribution in [0, 0.1) is 13.8 Å². The van der Waals surface area contributed by atoms with E-state index in [9.17, 15) is 0 Å². The first kappa shape index (κ1) is 9.97. The van der Waals surface area contributed by atoms with E-state index in [1.54, 1.807) is 6.33 Å². The maximum atomic E-state index is 4.06. The summed E-state index contributed by atoms with van der Waals surface area (Å²) in [6.45, 7) is 6.47. The molecule has 15 heavy (non-hydrogen) atoms. The Bertz CT molecular complexity index is 423. The van der Waals surface area contributed by atoms with Crippen LogP contribution in [-0.4, -0.2) is 9.97 Å². The Kier molecular flexibility index (Phi) is 2.58. The summed E-state index contributed by atoms with van der Waals surface area (Å²) in [5.74, 6) is 0.381. The van der Waals surface area contributed by atoms with Crippen LogP contribution in [-0.2, 0) is 0 Å². The van der Waals surface area contributed by atoms with Gasteiger partial charge in [0.05, 0.1) is 6.33 Å². The molecule has 0 aliphatic rings. The van der Waals surface area contributed by atoms with Gasteiger partial charge in [-0.2, -0.15) is 0 Å². The monoisotopic (exact) mass is 200 g/mol. The minimum absolute atomic E-state index is 0.381. The quantitative estimate of drug-likeness (QED) is 0.792. The zero-order valence-corrected chi connectivity index (χ0v) is 9.41. The van der Waals surface area contributed by atoms with Crippen molar-refractivity contribution in [3.05, 3.63) is 53.1 Å². The minimum atomic E-state index is 0.381. The van der Waals surface area contributed by atoms with Gasteiger partial charge in [0.25, 0.3) is 0 Å². The average molecular weight is 200 g/mol. The number of nitrogens with zero attached hydrogens (tertiary/aromatic N) is 1. The Morgan fingerprint density at radius 1 is 1.13 bits per heavy atom. The number of hydrogen-bond donors (Lipinski definition) is 1. The molecule has 0 aliphatic carbocycles. The van der Waals surface area contributed by atoms with Crippen LogP contribution in [0.2, 0.25) is 0 Å². The number of imidazole rings is 1. The smallest absolute Gasteiger partial charge is 0.0921 e. The number of rotatable bonds is 2. The predicted molar refractivity (Wildman–Crippen MR) is 62.0 cm³/mol. The summed E-state index contributed by atoms with van der Waals surface area (Å²) in [7, 11) is 0. The van der Waals surface area contributed by atoms with Gasteiger partial charge in [0, 0.05) is 17.8 Å². The summed E-state index contributed by atoms with van der Waals surface area (Å²) in [6, 6.07) is 6.67. The second-order valence-electron chi connectivity index (χ2n) is 4.15. The number of aromatic nitrogens is 2. The highest BCUT2D eigenvalue weighted by Gasteiger charge is 2.09. The SMILES string of the molecule is Cc1cc(C)cc(C(C)c2cnc[nH]2)c1. The summed E-state index contributed by atoms with van der Waals surface area (Å²) in [4.78, 5) is 7.22. The second kappa shape index (κ2) is 3.89. The molecule has 1 N–H and O–H groups in total. The molecule has 0 amide bonds. The van der Waals surface area contributed by atoms with Crippen LogP contribution < -0.4 is 0 Å². The number of nitrogens with one attached hydrogen (secondary N) is 1. The molecule has 0 radical (unpaired) electrons. The largest absolute Gasteiger partial charge is 0.348 e. The molecule has 1 aromatic carbocycles. The summed E-state index contributed by atoms with van der Waals surface area (Å²) in [5.41, 5.74) is 5.14. The third kappa shape index (κ3) is 2.09. The molecule has 0 saturated heterocycles. The Morgan fingerprint density at radius 3 is 2.33 bits per heavy atom. The van der Waals surface area contributed by atoms with Crippen LogP contribution in [0.1, 0.15) is 35.2 Å². The molecular formula is C13H16N2. The molecule has 0 aliphatic heterocycles. The van der Waals surface area contributed by atoms with E-state index < -0.39 is 0 Å². The summed E-state index contributed by atoms with van der Waals surface area (Å²) < 4.78 is 0. The van der Waals surface area contributed by atoms with E-state index in [-0.39, 0.29) is 0 Å². The zero-order valence-electron chi connectivity index (χ0n) is 9.41. The van der Waals surface area contributed by atoms with E-state index in [4.69, 9.17) is 0 Å². The summed E-state index contributed by atoms with van der Waals surface area (Å²) in [5, 5.41) is 0. The van der Waals surface area contributed by atoms with Crippen LogP contribution in [0.15, 0.2) is 30.7 Å². The molecule has 2 rings (SSSR count). The fourth-order valence-electron chi connectivity index (χ4n) is 1.94. The average Bonchev–Trinajstić information content (AvgIpc) is 2.67. The lowest BCUT2D eigenvalue weighted by atomic mass is 9.95. The van der Waals surface area contributed by atoms with Crippen molar-refractivity contribution in [2.75, 3.05) is 0 Å². The first-order valence-electron chi connectivity index (χ1n) is 5.23. The minimum Gasteiger partial charge on any atom is -0.348 e. The maximum Gasteiger partial charge on any atom is 0.0921 e. The van der Waals surface area contributed by atoms with Crippen molar-refractivity contribution in [3.8, 4) is 0 Å². The molecule has 0 saturated carbocycles. The zero-order chi connectivity index (χ0) is 10.8. The molecule has 78 valence electrons. The lowest BCUT2D eigenvalue weighted by Crippen LogP contribution is -1.97. The fraction of sp³-hybridized carbons (Fsp3) is 0.308. The molecule has 1 aromatic heterocycles. The van der Waals surface area contributed by atoms with Crippen LogP contribution in [0.3, 0.4) is 0 Å². The van der Waals surface area contributed by atoms with E-state index in [1.165, 1.54) is 22.4 Å². The number of H-pyrrole nitrogens is 1. The first-order chi connectivity index (χ1) is 7.16. The van der Waals surface area contributed by atoms with E-state index in [0.29, 0.717) is 5.92 Å². The van der Waals surface area contributed by atoms with Crippen LogP contribution in [0.4, 0.5) is 0 Å². The van der Waals surface area contributed by atoms with Crippen molar-refractivity contribution in [3.63, 3.8) is 0 Å². The van der Waals surface area contributed by atoms with Crippen LogP contribution in [0.5, 0.6) is 0 Å². The molecule has 2 aromatic rings. The number of hydrogen-bond acceptors (Lipinski definition) is 1. The highest BCUT2D eigenvalue weighted by Crippen LogP contribution is 2.23. The van der Waals surface area contributed by atoms with Gasteiger partial charge in [-0.15, -0.1) is 0 Å². The van der Waals surface area contributed by atoms with E-state index in [0.717, 1.165) is 0 Å². The molecule has 2 nitrogen and oxygen atoms in total. The lowest BCUT2D eigenvalue weighted by Gasteiger charge is -2.11. The first-order valence-corrected chi connectivity index (χ1v) is 5.23. The predicted octanol–water partition coefficient (Wildman–Crippen LogP) is 3.18. The van der Waals surface area contributed by atoms with Gasteiger partial charge in [0.2, 0.25) is 0 Å². The summed E-state index contributed by atoms with van der Waals surface area (Å²) in [6.07, 6.45) is 3.62. The number of aromatic amines is 1. The highest BCUT2D eigenvalue weighted by atomic mass is 14.9. The molecule has 1 heterocycles. The third-order valence-corrected chi connectivity index (χ3v) is 2.73. The standard InChI is InChI=1S/C13H16N2/c1-9-4-10(2)6-12(5-9)11(3)13-7-14-8-15-13/h4-8,11H,1-3H3,(H,14,15). The van der Waals surface area contributed by atoms with Crippen molar-refractivity contribution >= 4 is 0 Å². The Hall–Kier alpha value is -1.57. The van der Waals surface area contributed by atoms with Crippen molar-refractivity contribution in [2.24, 2.45) is 0 Å². The fourth-order valence-corrected chi connectivity index (χ4v) is 1.94. The van der Waals surface area contributed by atoms with Crippen molar-refractivity contribution < 1.29 is 0 Å². The van der Waals surface area contributed by atoms with Crippen LogP contribution >= 0.6 is 0 Å². The molecule has 0 fully saturated rings. The molecular weight excluding hydrogens is 184 g/mol. The molecule has 0 spiro atoms. The number of aryl methyl sites for hydroxylation is 2. The van der Waals surface area contributed by atoms with Gasteiger partial charge in [-0.25, -0.2) is 4.98 Å². The van der Waals surface area contributed by atoms with Crippen molar-refractivity contribution in [1.29, 1.82) is 0 Å². The third-order valence-electron chi connectivity index (χ3n) is 2.73. The van der Waals surface area contributed by atoms with Gasteiger partial charge < -0.3 is 4.98 Å². The van der Waals surface area contributed by atoms with Gasteiger partial charge in [0.15, 0.2) is 0 Å². The second-order valence-corrected chi connectivity index (χ2v) is 4.15. The van der Waals surface area contributed by atoms with Gasteiger partial charge in [-0.05, 0) is 19.4 Å². The summed E-state index contributed by atoms with van der Waals surface area (Å²) >= 11 is 0. The van der Waals surface area contributed by atoms with Gasteiger partial charge >= 0.3 is 0 Å². The van der Waals surface area contributed by atoms with E-state index in [1.807, 2.05) is 6.20 Å². The van der Waals surface area contributed by atoms with Crippen molar-refractivity contribution in [1.82, 2.24) is 9.97 Å². The Morgan fingerprint density at radius 2 is 1.80 bits per heavy atom. The van der Waals surface area contributed by atoms with E-state index in [2.05, 4.69) is 48.9 Å². The highest BCUT2D eigenvalue weighted by molar-refractivity contribution is 5.34. The number of benzene rings is 1. The molecule has 0 bridgehead atoms. The lowest BCUT2D eigenvalue weighted by molar-refractivity contribution is 0.879.